The molecule has 0 saturated heterocycles. The summed E-state index contributed by atoms with van der Waals surface area (Å²) in [6.45, 7) is 0. The number of benzene rings is 2. The molecule has 0 atom stereocenters. The summed E-state index contributed by atoms with van der Waals surface area (Å²) in [6, 6.07) is 12.6. The molecule has 3 rings (SSSR count). The monoisotopic (exact) mass is 384 g/mol. The van der Waals surface area contributed by atoms with Crippen molar-refractivity contribution in [2.24, 2.45) is 5.10 Å². The highest BCUT2D eigenvalue weighted by Crippen LogP contribution is 2.33. The minimum Gasteiger partial charge on any atom is -0.493 e. The Morgan fingerprint density at radius 2 is 1.89 bits per heavy atom. The number of anilines is 1. The van der Waals surface area contributed by atoms with E-state index >= 15 is 0 Å². The average molecular weight is 384 g/mol. The molecule has 8 nitrogen and oxygen atoms in total. The first-order valence-corrected chi connectivity index (χ1v) is 8.70. The number of hydrogen-bond donors (Lipinski definition) is 1. The molecule has 3 aromatic rings. The molecule has 0 aliphatic heterocycles. The number of rotatable bonds is 7. The molecule has 2 aromatic carbocycles. The quantitative estimate of drug-likeness (QED) is 0.373. The van der Waals surface area contributed by atoms with Crippen molar-refractivity contribution < 1.29 is 14.4 Å². The fourth-order valence-electron chi connectivity index (χ4n) is 2.37. The van der Waals surface area contributed by atoms with Crippen LogP contribution in [0, 0.1) is 10.1 Å². The molecule has 1 heterocycles. The van der Waals surface area contributed by atoms with Gasteiger partial charge in [-0.1, -0.05) is 30.3 Å². The first kappa shape index (κ1) is 18.3. The molecular weight excluding hydrogens is 368 g/mol. The topological polar surface area (TPSA) is 98.9 Å². The van der Waals surface area contributed by atoms with Crippen molar-refractivity contribution >= 4 is 28.4 Å². The van der Waals surface area contributed by atoms with E-state index in [1.807, 2.05) is 35.7 Å². The van der Waals surface area contributed by atoms with E-state index in [1.54, 1.807) is 0 Å². The van der Waals surface area contributed by atoms with Gasteiger partial charge in [-0.3, -0.25) is 15.5 Å². The summed E-state index contributed by atoms with van der Waals surface area (Å²) >= 11 is 1.39. The molecule has 27 heavy (non-hydrogen) atoms. The van der Waals surface area contributed by atoms with E-state index in [9.17, 15) is 10.1 Å². The molecular formula is C18H16N4O4S. The Kier molecular flexibility index (Phi) is 5.62. The first-order valence-electron chi connectivity index (χ1n) is 7.83. The zero-order valence-electron chi connectivity index (χ0n) is 14.6. The molecule has 0 aliphatic carbocycles. The largest absolute Gasteiger partial charge is 0.493 e. The number of hydrogen-bond acceptors (Lipinski definition) is 8. The molecule has 0 saturated carbocycles. The lowest BCUT2D eigenvalue weighted by Gasteiger charge is -2.08. The molecule has 0 aliphatic rings. The van der Waals surface area contributed by atoms with E-state index < -0.39 is 4.92 Å². The molecule has 0 fully saturated rings. The van der Waals surface area contributed by atoms with Gasteiger partial charge in [0.2, 0.25) is 5.13 Å². The maximum atomic E-state index is 11.3. The fourth-order valence-corrected chi connectivity index (χ4v) is 3.04. The van der Waals surface area contributed by atoms with Gasteiger partial charge in [-0.05, 0) is 6.07 Å². The molecule has 1 aromatic heterocycles. The number of hydrazone groups is 1. The maximum absolute atomic E-state index is 11.3. The Morgan fingerprint density at radius 3 is 2.56 bits per heavy atom. The number of methoxy groups -OCH3 is 2. The van der Waals surface area contributed by atoms with E-state index in [-0.39, 0.29) is 17.0 Å². The van der Waals surface area contributed by atoms with Crippen molar-refractivity contribution in [3.05, 3.63) is 63.5 Å². The summed E-state index contributed by atoms with van der Waals surface area (Å²) in [5.41, 5.74) is 4.77. The zero-order chi connectivity index (χ0) is 19.2. The Balaban J connectivity index is 1.80. The molecule has 0 spiro atoms. The van der Waals surface area contributed by atoms with Gasteiger partial charge in [0.15, 0.2) is 11.5 Å². The van der Waals surface area contributed by atoms with Gasteiger partial charge in [-0.2, -0.15) is 5.10 Å². The smallest absolute Gasteiger partial charge is 0.282 e. The summed E-state index contributed by atoms with van der Waals surface area (Å²) in [6.07, 6.45) is 1.35. The van der Waals surface area contributed by atoms with Gasteiger partial charge < -0.3 is 9.47 Å². The molecule has 0 unspecified atom stereocenters. The van der Waals surface area contributed by atoms with Crippen LogP contribution in [0.3, 0.4) is 0 Å². The zero-order valence-corrected chi connectivity index (χ0v) is 15.4. The third-order valence-electron chi connectivity index (χ3n) is 3.67. The number of ether oxygens (including phenoxy) is 2. The van der Waals surface area contributed by atoms with Crippen LogP contribution in [-0.2, 0) is 0 Å². The third-order valence-corrected chi connectivity index (χ3v) is 4.41. The number of nitro benzene ring substituents is 1. The maximum Gasteiger partial charge on any atom is 0.282 e. The number of nitro groups is 1. The summed E-state index contributed by atoms with van der Waals surface area (Å²) in [4.78, 5) is 15.2. The van der Waals surface area contributed by atoms with Crippen LogP contribution in [0.2, 0.25) is 0 Å². The van der Waals surface area contributed by atoms with Gasteiger partial charge >= 0.3 is 0 Å². The number of aromatic nitrogens is 1. The Morgan fingerprint density at radius 1 is 1.19 bits per heavy atom. The van der Waals surface area contributed by atoms with E-state index in [2.05, 4.69) is 15.5 Å². The van der Waals surface area contributed by atoms with E-state index in [1.165, 1.54) is 43.9 Å². The molecule has 138 valence electrons. The lowest BCUT2D eigenvalue weighted by atomic mass is 10.1. The van der Waals surface area contributed by atoms with Crippen LogP contribution in [-0.4, -0.2) is 30.3 Å². The van der Waals surface area contributed by atoms with Gasteiger partial charge in [-0.25, -0.2) is 4.98 Å². The van der Waals surface area contributed by atoms with E-state index in [4.69, 9.17) is 9.47 Å². The van der Waals surface area contributed by atoms with Crippen LogP contribution in [0.15, 0.2) is 52.9 Å². The first-order chi connectivity index (χ1) is 13.1. The third kappa shape index (κ3) is 4.21. The van der Waals surface area contributed by atoms with E-state index in [0.717, 1.165) is 11.3 Å². The number of nitrogens with zero attached hydrogens (tertiary/aromatic N) is 3. The summed E-state index contributed by atoms with van der Waals surface area (Å²) in [5.74, 6) is 0.659. The second kappa shape index (κ2) is 8.28. The highest BCUT2D eigenvalue weighted by Gasteiger charge is 2.18. The highest BCUT2D eigenvalue weighted by molar-refractivity contribution is 7.14. The van der Waals surface area contributed by atoms with Gasteiger partial charge in [0, 0.05) is 10.9 Å². The van der Waals surface area contributed by atoms with Crippen molar-refractivity contribution in [1.29, 1.82) is 0 Å². The van der Waals surface area contributed by atoms with Crippen LogP contribution in [0.25, 0.3) is 11.3 Å². The van der Waals surface area contributed by atoms with Crippen molar-refractivity contribution in [3.8, 4) is 22.8 Å². The number of nitrogens with one attached hydrogen (secondary N) is 1. The lowest BCUT2D eigenvalue weighted by molar-refractivity contribution is -0.385. The molecule has 0 amide bonds. The predicted molar refractivity (Wildman–Crippen MR) is 105 cm³/mol. The summed E-state index contributed by atoms with van der Waals surface area (Å²) in [7, 11) is 2.88. The average Bonchev–Trinajstić information content (AvgIpc) is 3.17. The molecule has 1 N–H and O–H groups in total. The van der Waals surface area contributed by atoms with Crippen LogP contribution < -0.4 is 14.9 Å². The fraction of sp³-hybridized carbons (Fsp3) is 0.111. The second-order valence-corrected chi connectivity index (χ2v) is 6.16. The van der Waals surface area contributed by atoms with Crippen LogP contribution in [0.1, 0.15) is 5.56 Å². The number of thiazole rings is 1. The van der Waals surface area contributed by atoms with Gasteiger partial charge in [0.05, 0.1) is 42.7 Å². The standard InChI is InChI=1S/C18H16N4O4S/c1-25-16-8-13(15(22(23)24)9-17(16)26-2)10-19-21-18-20-14(11-27-18)12-6-4-3-5-7-12/h3-11H,1-2H3,(H,20,21). The SMILES string of the molecule is COc1cc(C=NNc2nc(-c3ccccc3)cs2)c([N+](=O)[O-])cc1OC. The molecule has 0 radical (unpaired) electrons. The van der Waals surface area contributed by atoms with Gasteiger partial charge in [0.1, 0.15) is 0 Å². The lowest BCUT2D eigenvalue weighted by Crippen LogP contribution is -2.00. The minimum atomic E-state index is -0.500. The Bertz CT molecular complexity index is 973. The van der Waals surface area contributed by atoms with E-state index in [0.29, 0.717) is 10.9 Å². The van der Waals surface area contributed by atoms with Crippen molar-refractivity contribution in [2.75, 3.05) is 19.6 Å². The van der Waals surface area contributed by atoms with Crippen LogP contribution >= 0.6 is 11.3 Å². The van der Waals surface area contributed by atoms with Gasteiger partial charge in [-0.15, -0.1) is 11.3 Å². The van der Waals surface area contributed by atoms with Crippen LogP contribution in [0.4, 0.5) is 10.8 Å². The Hall–Kier alpha value is -3.46. The minimum absolute atomic E-state index is 0.137. The van der Waals surface area contributed by atoms with Crippen molar-refractivity contribution in [1.82, 2.24) is 4.98 Å². The van der Waals surface area contributed by atoms with Gasteiger partial charge in [0.25, 0.3) is 5.69 Å². The predicted octanol–water partition coefficient (Wildman–Crippen LogP) is 4.18. The van der Waals surface area contributed by atoms with Crippen molar-refractivity contribution in [3.63, 3.8) is 0 Å². The summed E-state index contributed by atoms with van der Waals surface area (Å²) in [5, 5.41) is 17.9. The Labute approximate surface area is 159 Å². The van der Waals surface area contributed by atoms with Crippen LogP contribution in [0.5, 0.6) is 11.5 Å². The second-order valence-electron chi connectivity index (χ2n) is 5.30. The normalized spacial score (nSPS) is 10.7. The highest BCUT2D eigenvalue weighted by atomic mass is 32.1. The molecule has 0 bridgehead atoms. The van der Waals surface area contributed by atoms with Crippen molar-refractivity contribution in [2.45, 2.75) is 0 Å². The summed E-state index contributed by atoms with van der Waals surface area (Å²) < 4.78 is 10.3. The molecule has 9 heteroatoms.